The average Bonchev–Trinajstić information content (AvgIpc) is 3.19. The van der Waals surface area contributed by atoms with Gasteiger partial charge in [-0.1, -0.05) is 30.8 Å². The molecule has 0 radical (unpaired) electrons. The lowest BCUT2D eigenvalue weighted by Gasteiger charge is -2.33. The quantitative estimate of drug-likeness (QED) is 0.334. The van der Waals surface area contributed by atoms with Crippen molar-refractivity contribution in [2.45, 2.75) is 5.67 Å². The van der Waals surface area contributed by atoms with Crippen LogP contribution in [0.2, 0.25) is 0 Å². The highest BCUT2D eigenvalue weighted by atomic mass is 19.1. The SMILES string of the molecule is C=CC(=O)Nc1cccc(-c2c(-c3ccc(C(=O)NCC4(F)COC4)cc3)c3c(N)ncnc3n2C)c1. The van der Waals surface area contributed by atoms with E-state index in [1.807, 2.05) is 29.8 Å². The molecule has 1 aliphatic heterocycles. The Labute approximate surface area is 212 Å². The molecule has 0 saturated carbocycles. The van der Waals surface area contributed by atoms with Crippen molar-refractivity contribution in [1.29, 1.82) is 0 Å². The number of carbonyl (C=O) groups is 2. The molecule has 0 bridgehead atoms. The lowest BCUT2D eigenvalue weighted by atomic mass is 9.97. The summed E-state index contributed by atoms with van der Waals surface area (Å²) in [7, 11) is 1.88. The number of nitrogens with two attached hydrogens (primary N) is 1. The first-order chi connectivity index (χ1) is 17.8. The summed E-state index contributed by atoms with van der Waals surface area (Å²) < 4.78 is 21.0. The number of aryl methyl sites for hydroxylation is 1. The average molecular weight is 501 g/mol. The van der Waals surface area contributed by atoms with E-state index in [1.165, 1.54) is 12.4 Å². The van der Waals surface area contributed by atoms with Crippen molar-refractivity contribution in [3.63, 3.8) is 0 Å². The standard InChI is InChI=1S/C27H25FN6O3/c1-3-20(35)33-19-6-4-5-18(11-19)23-21(22-24(29)31-15-32-25(22)34(23)2)16-7-9-17(10-8-16)26(36)30-12-27(28)13-37-14-27/h3-11,15H,1,12-14H2,2H3,(H,30,36)(H,33,35)(H2,29,31,32). The van der Waals surface area contributed by atoms with Crippen LogP contribution in [0.1, 0.15) is 10.4 Å². The Balaban J connectivity index is 1.56. The third kappa shape index (κ3) is 4.54. The summed E-state index contributed by atoms with van der Waals surface area (Å²) in [6.07, 6.45) is 2.61. The molecule has 0 atom stereocenters. The Morgan fingerprint density at radius 2 is 1.95 bits per heavy atom. The number of amides is 2. The van der Waals surface area contributed by atoms with Gasteiger partial charge in [-0.15, -0.1) is 0 Å². The van der Waals surface area contributed by atoms with E-state index in [0.717, 1.165) is 22.4 Å². The van der Waals surface area contributed by atoms with E-state index in [1.54, 1.807) is 30.3 Å². The summed E-state index contributed by atoms with van der Waals surface area (Å²) in [4.78, 5) is 33.1. The minimum atomic E-state index is -1.51. The third-order valence-corrected chi connectivity index (χ3v) is 6.31. The number of nitrogen functional groups attached to an aromatic ring is 1. The highest BCUT2D eigenvalue weighted by molar-refractivity contribution is 6.08. The van der Waals surface area contributed by atoms with E-state index in [9.17, 15) is 14.0 Å². The topological polar surface area (TPSA) is 124 Å². The van der Waals surface area contributed by atoms with Crippen LogP contribution in [0, 0.1) is 0 Å². The molecule has 1 fully saturated rings. The highest BCUT2D eigenvalue weighted by Gasteiger charge is 2.39. The molecule has 4 aromatic rings. The Kier molecular flexibility index (Phi) is 6.18. The first-order valence-corrected chi connectivity index (χ1v) is 11.6. The monoisotopic (exact) mass is 500 g/mol. The minimum absolute atomic E-state index is 0.0158. The lowest BCUT2D eigenvalue weighted by Crippen LogP contribution is -2.53. The Morgan fingerprint density at radius 3 is 2.62 bits per heavy atom. The molecule has 37 heavy (non-hydrogen) atoms. The maximum Gasteiger partial charge on any atom is 0.251 e. The molecule has 0 unspecified atom stereocenters. The molecule has 1 saturated heterocycles. The van der Waals surface area contributed by atoms with Crippen LogP contribution in [0.3, 0.4) is 0 Å². The van der Waals surface area contributed by atoms with Crippen LogP contribution in [-0.2, 0) is 16.6 Å². The second-order valence-electron chi connectivity index (χ2n) is 8.92. The van der Waals surface area contributed by atoms with Gasteiger partial charge in [-0.2, -0.15) is 0 Å². The number of halogens is 1. The number of anilines is 2. The molecule has 9 nitrogen and oxygen atoms in total. The van der Waals surface area contributed by atoms with Gasteiger partial charge in [-0.05, 0) is 35.9 Å². The van der Waals surface area contributed by atoms with Crippen molar-refractivity contribution in [2.24, 2.45) is 7.05 Å². The number of aromatic nitrogens is 3. The van der Waals surface area contributed by atoms with Crippen LogP contribution >= 0.6 is 0 Å². The molecule has 2 aromatic carbocycles. The largest absolute Gasteiger partial charge is 0.383 e. The molecular weight excluding hydrogens is 475 g/mol. The van der Waals surface area contributed by atoms with Gasteiger partial charge < -0.3 is 25.7 Å². The van der Waals surface area contributed by atoms with Gasteiger partial charge in [-0.25, -0.2) is 14.4 Å². The van der Waals surface area contributed by atoms with Gasteiger partial charge in [0.05, 0.1) is 30.8 Å². The summed E-state index contributed by atoms with van der Waals surface area (Å²) in [6, 6.07) is 14.4. The van der Waals surface area contributed by atoms with Crippen LogP contribution in [0.4, 0.5) is 15.9 Å². The van der Waals surface area contributed by atoms with E-state index in [4.69, 9.17) is 10.5 Å². The molecule has 1 aliphatic rings. The summed E-state index contributed by atoms with van der Waals surface area (Å²) in [5, 5.41) is 6.07. The number of ether oxygens (including phenoxy) is 1. The Bertz CT molecular complexity index is 1530. The number of nitrogens with one attached hydrogen (secondary N) is 2. The molecule has 10 heteroatoms. The van der Waals surface area contributed by atoms with Gasteiger partial charge in [-0.3, -0.25) is 9.59 Å². The third-order valence-electron chi connectivity index (χ3n) is 6.31. The summed E-state index contributed by atoms with van der Waals surface area (Å²) in [6.45, 7) is 3.36. The minimum Gasteiger partial charge on any atom is -0.383 e. The number of hydrogen-bond acceptors (Lipinski definition) is 6. The Morgan fingerprint density at radius 1 is 1.19 bits per heavy atom. The van der Waals surface area contributed by atoms with Crippen LogP contribution in [-0.4, -0.2) is 51.8 Å². The number of carbonyl (C=O) groups excluding carboxylic acids is 2. The molecule has 0 aliphatic carbocycles. The van der Waals surface area contributed by atoms with E-state index < -0.39 is 5.67 Å². The molecule has 3 heterocycles. The fourth-order valence-electron chi connectivity index (χ4n) is 4.39. The van der Waals surface area contributed by atoms with Crippen LogP contribution in [0.15, 0.2) is 67.5 Å². The molecule has 188 valence electrons. The van der Waals surface area contributed by atoms with Crippen molar-refractivity contribution >= 4 is 34.4 Å². The lowest BCUT2D eigenvalue weighted by molar-refractivity contribution is -0.126. The second kappa shape index (κ2) is 9.47. The number of rotatable bonds is 7. The molecule has 4 N–H and O–H groups in total. The number of nitrogens with zero attached hydrogens (tertiary/aromatic N) is 3. The predicted octanol–water partition coefficient (Wildman–Crippen LogP) is 3.48. The van der Waals surface area contributed by atoms with Crippen molar-refractivity contribution in [2.75, 3.05) is 30.8 Å². The molecule has 5 rings (SSSR count). The molecule has 0 spiro atoms. The van der Waals surface area contributed by atoms with Gasteiger partial charge in [0.25, 0.3) is 5.91 Å². The molecule has 2 amide bonds. The number of fused-ring (bicyclic) bond motifs is 1. The van der Waals surface area contributed by atoms with Gasteiger partial charge in [0.1, 0.15) is 17.8 Å². The molecular formula is C27H25FN6O3. The van der Waals surface area contributed by atoms with Gasteiger partial charge in [0.15, 0.2) is 5.67 Å². The first kappa shape index (κ1) is 24.1. The first-order valence-electron chi connectivity index (χ1n) is 11.6. The fourth-order valence-corrected chi connectivity index (χ4v) is 4.39. The van der Waals surface area contributed by atoms with Crippen molar-refractivity contribution < 1.29 is 18.7 Å². The number of alkyl halides is 1. The summed E-state index contributed by atoms with van der Waals surface area (Å²) >= 11 is 0. The van der Waals surface area contributed by atoms with Crippen molar-refractivity contribution in [3.05, 3.63) is 73.1 Å². The van der Waals surface area contributed by atoms with Crippen molar-refractivity contribution in [3.8, 4) is 22.4 Å². The predicted molar refractivity (Wildman–Crippen MR) is 140 cm³/mol. The van der Waals surface area contributed by atoms with Gasteiger partial charge in [0.2, 0.25) is 5.91 Å². The van der Waals surface area contributed by atoms with E-state index >= 15 is 0 Å². The fraction of sp³-hybridized carbons (Fsp3) is 0.185. The zero-order chi connectivity index (χ0) is 26.2. The van der Waals surface area contributed by atoms with Crippen LogP contribution in [0.25, 0.3) is 33.4 Å². The zero-order valence-corrected chi connectivity index (χ0v) is 20.1. The highest BCUT2D eigenvalue weighted by Crippen LogP contribution is 2.42. The maximum atomic E-state index is 14.2. The second-order valence-corrected chi connectivity index (χ2v) is 8.92. The Hall–Kier alpha value is -4.57. The molecule has 2 aromatic heterocycles. The number of benzene rings is 2. The van der Waals surface area contributed by atoms with E-state index in [-0.39, 0.29) is 31.6 Å². The van der Waals surface area contributed by atoms with Gasteiger partial charge >= 0.3 is 0 Å². The smallest absolute Gasteiger partial charge is 0.251 e. The van der Waals surface area contributed by atoms with Crippen LogP contribution in [0.5, 0.6) is 0 Å². The van der Waals surface area contributed by atoms with Crippen LogP contribution < -0.4 is 16.4 Å². The van der Waals surface area contributed by atoms with E-state index in [0.29, 0.717) is 28.1 Å². The summed E-state index contributed by atoms with van der Waals surface area (Å²) in [5.74, 6) is -0.375. The van der Waals surface area contributed by atoms with Crippen molar-refractivity contribution in [1.82, 2.24) is 19.9 Å². The summed E-state index contributed by atoms with van der Waals surface area (Å²) in [5.41, 5.74) is 9.61. The zero-order valence-electron chi connectivity index (χ0n) is 20.1. The van der Waals surface area contributed by atoms with Gasteiger partial charge in [0, 0.05) is 29.4 Å². The normalized spacial score (nSPS) is 14.1. The number of hydrogen-bond donors (Lipinski definition) is 3. The maximum absolute atomic E-state index is 14.2. The van der Waals surface area contributed by atoms with E-state index in [2.05, 4.69) is 27.2 Å².